The Morgan fingerprint density at radius 1 is 1.54 bits per heavy atom. The molecule has 0 atom stereocenters. The van der Waals surface area contributed by atoms with Gasteiger partial charge in [0.15, 0.2) is 0 Å². The largest absolute Gasteiger partial charge is 0.301 e. The number of nitrogens with zero attached hydrogens (tertiary/aromatic N) is 2. The van der Waals surface area contributed by atoms with Crippen molar-refractivity contribution in [1.29, 1.82) is 0 Å². The molecule has 2 aromatic heterocycles. The average molecular weight is 192 g/mol. The van der Waals surface area contributed by atoms with E-state index >= 15 is 0 Å². The van der Waals surface area contributed by atoms with Crippen LogP contribution >= 0.6 is 11.3 Å². The van der Waals surface area contributed by atoms with E-state index in [0.29, 0.717) is 6.54 Å². The molecule has 0 spiro atoms. The molecule has 0 amide bonds. The number of aromatic nitrogens is 2. The predicted octanol–water partition coefficient (Wildman–Crippen LogP) is 1.81. The fourth-order valence-corrected chi connectivity index (χ4v) is 1.75. The highest BCUT2D eigenvalue weighted by Crippen LogP contribution is 2.19. The summed E-state index contributed by atoms with van der Waals surface area (Å²) in [5.74, 6) is 0. The molecule has 13 heavy (non-hydrogen) atoms. The van der Waals surface area contributed by atoms with E-state index < -0.39 is 0 Å². The van der Waals surface area contributed by atoms with Crippen LogP contribution in [0, 0.1) is 0 Å². The van der Waals surface area contributed by atoms with Gasteiger partial charge in [-0.1, -0.05) is 0 Å². The molecule has 4 heteroatoms. The molecule has 0 radical (unpaired) electrons. The SMILES string of the molecule is O=CCn1ccc(-c2ccsc2)n1. The Morgan fingerprint density at radius 3 is 3.15 bits per heavy atom. The first-order valence-corrected chi connectivity index (χ1v) is 4.84. The third kappa shape index (κ3) is 1.67. The number of carbonyl (C=O) groups excluding carboxylic acids is 1. The maximum Gasteiger partial charge on any atom is 0.141 e. The minimum absolute atomic E-state index is 0.324. The third-order valence-electron chi connectivity index (χ3n) is 1.72. The fourth-order valence-electron chi connectivity index (χ4n) is 1.10. The topological polar surface area (TPSA) is 34.9 Å². The average Bonchev–Trinajstić information content (AvgIpc) is 2.70. The summed E-state index contributed by atoms with van der Waals surface area (Å²) in [5, 5.41) is 8.28. The van der Waals surface area contributed by atoms with Crippen LogP contribution in [-0.2, 0) is 11.3 Å². The Labute approximate surface area is 79.6 Å². The molecule has 0 aliphatic rings. The second-order valence-corrected chi connectivity index (χ2v) is 3.38. The Bertz CT molecular complexity index is 391. The molecule has 0 aromatic carbocycles. The van der Waals surface area contributed by atoms with Crippen LogP contribution in [0.4, 0.5) is 0 Å². The van der Waals surface area contributed by atoms with Crippen LogP contribution in [-0.4, -0.2) is 16.1 Å². The molecule has 0 aliphatic heterocycles. The highest BCUT2D eigenvalue weighted by Gasteiger charge is 2.01. The molecular formula is C9H8N2OS. The number of thiophene rings is 1. The van der Waals surface area contributed by atoms with Crippen LogP contribution in [0.5, 0.6) is 0 Å². The van der Waals surface area contributed by atoms with Gasteiger partial charge in [0.1, 0.15) is 6.29 Å². The molecule has 0 aliphatic carbocycles. The van der Waals surface area contributed by atoms with Gasteiger partial charge in [-0.25, -0.2) is 0 Å². The van der Waals surface area contributed by atoms with Gasteiger partial charge in [-0.05, 0) is 17.5 Å². The summed E-state index contributed by atoms with van der Waals surface area (Å²) < 4.78 is 1.62. The highest BCUT2D eigenvalue weighted by atomic mass is 32.1. The van der Waals surface area contributed by atoms with Crippen molar-refractivity contribution in [2.24, 2.45) is 0 Å². The zero-order valence-corrected chi connectivity index (χ0v) is 7.70. The van der Waals surface area contributed by atoms with Crippen LogP contribution in [0.1, 0.15) is 0 Å². The van der Waals surface area contributed by atoms with E-state index in [0.717, 1.165) is 17.5 Å². The Morgan fingerprint density at radius 2 is 2.46 bits per heavy atom. The van der Waals surface area contributed by atoms with Crippen LogP contribution < -0.4 is 0 Å². The van der Waals surface area contributed by atoms with Crippen molar-refractivity contribution in [3.05, 3.63) is 29.1 Å². The minimum atomic E-state index is 0.324. The van der Waals surface area contributed by atoms with Crippen molar-refractivity contribution >= 4 is 17.6 Å². The molecule has 0 N–H and O–H groups in total. The first-order chi connectivity index (χ1) is 6.40. The summed E-state index contributed by atoms with van der Waals surface area (Å²) in [5.41, 5.74) is 2.03. The van der Waals surface area contributed by atoms with Gasteiger partial charge < -0.3 is 4.79 Å². The van der Waals surface area contributed by atoms with E-state index in [1.54, 1.807) is 22.2 Å². The summed E-state index contributed by atoms with van der Waals surface area (Å²) in [6, 6.07) is 3.92. The quantitative estimate of drug-likeness (QED) is 0.695. The summed E-state index contributed by atoms with van der Waals surface area (Å²) in [6.07, 6.45) is 2.64. The van der Waals surface area contributed by atoms with Crippen molar-refractivity contribution in [3.63, 3.8) is 0 Å². The monoisotopic (exact) mass is 192 g/mol. The van der Waals surface area contributed by atoms with Crippen molar-refractivity contribution in [2.45, 2.75) is 6.54 Å². The summed E-state index contributed by atoms with van der Waals surface area (Å²) in [4.78, 5) is 10.2. The van der Waals surface area contributed by atoms with E-state index in [-0.39, 0.29) is 0 Å². The smallest absolute Gasteiger partial charge is 0.141 e. The Hall–Kier alpha value is -1.42. The maximum absolute atomic E-state index is 10.2. The number of hydrogen-bond acceptors (Lipinski definition) is 3. The fraction of sp³-hybridized carbons (Fsp3) is 0.111. The first-order valence-electron chi connectivity index (χ1n) is 3.90. The van der Waals surface area contributed by atoms with E-state index in [1.807, 2.05) is 22.9 Å². The van der Waals surface area contributed by atoms with Crippen LogP contribution in [0.2, 0.25) is 0 Å². The Kier molecular flexibility index (Phi) is 2.23. The zero-order chi connectivity index (χ0) is 9.10. The molecule has 66 valence electrons. The van der Waals surface area contributed by atoms with Crippen molar-refractivity contribution < 1.29 is 4.79 Å². The predicted molar refractivity (Wildman–Crippen MR) is 51.6 cm³/mol. The standard InChI is InChI=1S/C9H8N2OS/c12-5-4-11-3-1-9(10-11)8-2-6-13-7-8/h1-3,5-7H,4H2. The normalized spacial score (nSPS) is 10.2. The molecule has 0 bridgehead atoms. The molecule has 0 unspecified atom stereocenters. The zero-order valence-electron chi connectivity index (χ0n) is 6.88. The van der Waals surface area contributed by atoms with E-state index in [2.05, 4.69) is 5.10 Å². The second kappa shape index (κ2) is 3.53. The molecular weight excluding hydrogens is 184 g/mol. The van der Waals surface area contributed by atoms with Crippen molar-refractivity contribution in [1.82, 2.24) is 9.78 Å². The molecule has 2 aromatic rings. The lowest BCUT2D eigenvalue weighted by molar-refractivity contribution is -0.108. The summed E-state index contributed by atoms with van der Waals surface area (Å²) in [7, 11) is 0. The molecule has 0 saturated heterocycles. The van der Waals surface area contributed by atoms with Crippen LogP contribution in [0.15, 0.2) is 29.1 Å². The van der Waals surface area contributed by atoms with E-state index in [4.69, 9.17) is 0 Å². The van der Waals surface area contributed by atoms with Crippen LogP contribution in [0.25, 0.3) is 11.3 Å². The minimum Gasteiger partial charge on any atom is -0.301 e. The number of carbonyl (C=O) groups is 1. The lowest BCUT2D eigenvalue weighted by Gasteiger charge is -1.91. The van der Waals surface area contributed by atoms with Gasteiger partial charge in [-0.3, -0.25) is 4.68 Å². The van der Waals surface area contributed by atoms with Crippen molar-refractivity contribution in [3.8, 4) is 11.3 Å². The van der Waals surface area contributed by atoms with Gasteiger partial charge in [-0.2, -0.15) is 16.4 Å². The molecule has 0 saturated carbocycles. The number of aldehydes is 1. The molecule has 3 nitrogen and oxygen atoms in total. The van der Waals surface area contributed by atoms with Gasteiger partial charge in [0.05, 0.1) is 12.2 Å². The van der Waals surface area contributed by atoms with Gasteiger partial charge in [0.2, 0.25) is 0 Å². The number of rotatable bonds is 3. The lowest BCUT2D eigenvalue weighted by atomic mass is 10.2. The van der Waals surface area contributed by atoms with Crippen molar-refractivity contribution in [2.75, 3.05) is 0 Å². The Balaban J connectivity index is 2.28. The number of hydrogen-bond donors (Lipinski definition) is 0. The maximum atomic E-state index is 10.2. The second-order valence-electron chi connectivity index (χ2n) is 2.60. The van der Waals surface area contributed by atoms with Crippen LogP contribution in [0.3, 0.4) is 0 Å². The summed E-state index contributed by atoms with van der Waals surface area (Å²) in [6.45, 7) is 0.324. The molecule has 0 fully saturated rings. The summed E-state index contributed by atoms with van der Waals surface area (Å²) >= 11 is 1.64. The molecule has 2 rings (SSSR count). The van der Waals surface area contributed by atoms with E-state index in [9.17, 15) is 4.79 Å². The van der Waals surface area contributed by atoms with Gasteiger partial charge in [0, 0.05) is 17.1 Å². The lowest BCUT2D eigenvalue weighted by Crippen LogP contribution is -1.98. The van der Waals surface area contributed by atoms with Gasteiger partial charge in [-0.15, -0.1) is 0 Å². The van der Waals surface area contributed by atoms with Gasteiger partial charge >= 0.3 is 0 Å². The van der Waals surface area contributed by atoms with Gasteiger partial charge in [0.25, 0.3) is 0 Å². The van der Waals surface area contributed by atoms with E-state index in [1.165, 1.54) is 0 Å². The third-order valence-corrected chi connectivity index (χ3v) is 2.40. The molecule has 2 heterocycles. The first kappa shape index (κ1) is 8.19. The highest BCUT2D eigenvalue weighted by molar-refractivity contribution is 7.08.